The quantitative estimate of drug-likeness (QED) is 0.781. The Morgan fingerprint density at radius 3 is 3.04 bits per heavy atom. The van der Waals surface area contributed by atoms with Crippen molar-refractivity contribution in [2.75, 3.05) is 11.4 Å². The Kier molecular flexibility index (Phi) is 3.16. The van der Waals surface area contributed by atoms with Crippen molar-refractivity contribution in [1.82, 2.24) is 20.3 Å². The Balaban J connectivity index is 1.57. The minimum Gasteiger partial charge on any atom is -0.349 e. The molecule has 1 saturated heterocycles. The molecule has 6 nitrogen and oxygen atoms in total. The van der Waals surface area contributed by atoms with Crippen molar-refractivity contribution in [3.8, 4) is 0 Å². The van der Waals surface area contributed by atoms with Crippen LogP contribution in [0.25, 0.3) is 10.9 Å². The van der Waals surface area contributed by atoms with E-state index in [4.69, 9.17) is 0 Å². The third kappa shape index (κ3) is 2.25. The predicted molar refractivity (Wildman–Crippen MR) is 94.3 cm³/mol. The lowest BCUT2D eigenvalue weighted by atomic mass is 10.0. The number of amides is 1. The average Bonchev–Trinajstić information content (AvgIpc) is 3.28. The van der Waals surface area contributed by atoms with E-state index in [1.54, 1.807) is 0 Å². The monoisotopic (exact) mass is 331 g/mol. The van der Waals surface area contributed by atoms with Crippen LogP contribution in [0.4, 0.5) is 5.82 Å². The van der Waals surface area contributed by atoms with E-state index in [1.165, 1.54) is 11.9 Å². The molecule has 2 aromatic heterocycles. The molecule has 5 rings (SSSR count). The second kappa shape index (κ2) is 5.51. The Bertz CT molecular complexity index is 986. The van der Waals surface area contributed by atoms with Gasteiger partial charge in [0, 0.05) is 30.2 Å². The summed E-state index contributed by atoms with van der Waals surface area (Å²) in [5.41, 5.74) is 3.62. The van der Waals surface area contributed by atoms with E-state index in [-0.39, 0.29) is 11.9 Å². The number of carbonyl (C=O) groups is 1. The van der Waals surface area contributed by atoms with E-state index in [0.29, 0.717) is 12.2 Å². The van der Waals surface area contributed by atoms with Crippen LogP contribution < -0.4 is 10.2 Å². The molecule has 0 saturated carbocycles. The lowest BCUT2D eigenvalue weighted by molar-refractivity contribution is 0.0961. The molecule has 25 heavy (non-hydrogen) atoms. The zero-order valence-corrected chi connectivity index (χ0v) is 13.6. The third-order valence-electron chi connectivity index (χ3n) is 5.08. The van der Waals surface area contributed by atoms with E-state index >= 15 is 0 Å². The number of aromatic nitrogens is 3. The van der Waals surface area contributed by atoms with E-state index in [2.05, 4.69) is 37.3 Å². The lowest BCUT2D eigenvalue weighted by Crippen LogP contribution is -2.25. The normalized spacial score (nSPS) is 19.3. The fourth-order valence-corrected chi connectivity index (χ4v) is 3.90. The molecule has 3 aromatic rings. The number of carbonyl (C=O) groups excluding carboxylic acids is 1. The molecule has 1 unspecified atom stereocenters. The van der Waals surface area contributed by atoms with E-state index in [9.17, 15) is 4.79 Å². The van der Waals surface area contributed by atoms with E-state index < -0.39 is 0 Å². The molecule has 1 amide bonds. The molecule has 1 N–H and O–H groups in total. The molecule has 0 aliphatic carbocycles. The van der Waals surface area contributed by atoms with Crippen LogP contribution in [0.2, 0.25) is 0 Å². The van der Waals surface area contributed by atoms with Crippen LogP contribution in [0.1, 0.15) is 40.5 Å². The van der Waals surface area contributed by atoms with Gasteiger partial charge in [0.25, 0.3) is 5.91 Å². The molecular weight excluding hydrogens is 314 g/mol. The number of hydrogen-bond acceptors (Lipinski definition) is 5. The van der Waals surface area contributed by atoms with Gasteiger partial charge >= 0.3 is 0 Å². The average molecular weight is 331 g/mol. The zero-order chi connectivity index (χ0) is 16.8. The Hall–Kier alpha value is -3.02. The van der Waals surface area contributed by atoms with Gasteiger partial charge in [-0.05, 0) is 30.5 Å². The highest BCUT2D eigenvalue weighted by molar-refractivity contribution is 5.97. The number of rotatable bonds is 2. The third-order valence-corrected chi connectivity index (χ3v) is 5.08. The minimum absolute atomic E-state index is 0.109. The van der Waals surface area contributed by atoms with Gasteiger partial charge in [-0.25, -0.2) is 9.97 Å². The van der Waals surface area contributed by atoms with Gasteiger partial charge in [-0.3, -0.25) is 9.78 Å². The van der Waals surface area contributed by atoms with Gasteiger partial charge in [-0.2, -0.15) is 0 Å². The summed E-state index contributed by atoms with van der Waals surface area (Å²) in [7, 11) is 0. The van der Waals surface area contributed by atoms with Crippen molar-refractivity contribution in [2.45, 2.75) is 25.4 Å². The molecule has 6 heteroatoms. The molecule has 1 fully saturated rings. The van der Waals surface area contributed by atoms with Gasteiger partial charge in [0.15, 0.2) is 0 Å². The molecule has 1 atom stereocenters. The molecule has 0 bridgehead atoms. The van der Waals surface area contributed by atoms with Gasteiger partial charge in [0.1, 0.15) is 17.8 Å². The Morgan fingerprint density at radius 2 is 2.08 bits per heavy atom. The molecule has 4 heterocycles. The van der Waals surface area contributed by atoms with Crippen molar-refractivity contribution in [1.29, 1.82) is 0 Å². The summed E-state index contributed by atoms with van der Waals surface area (Å²) in [5, 5.41) is 4.00. The number of hydrogen-bond donors (Lipinski definition) is 1. The largest absolute Gasteiger partial charge is 0.349 e. The van der Waals surface area contributed by atoms with Gasteiger partial charge in [-0.1, -0.05) is 18.2 Å². The summed E-state index contributed by atoms with van der Waals surface area (Å²) in [5.74, 6) is 0.765. The SMILES string of the molecule is O=C1NCc2c1ncnc2N1CCCC1c1cnc2ccccc2c1. The molecule has 0 spiro atoms. The number of fused-ring (bicyclic) bond motifs is 2. The first-order valence-corrected chi connectivity index (χ1v) is 8.54. The molecule has 2 aliphatic rings. The second-order valence-electron chi connectivity index (χ2n) is 6.52. The number of pyridine rings is 1. The zero-order valence-electron chi connectivity index (χ0n) is 13.6. The summed E-state index contributed by atoms with van der Waals surface area (Å²) in [6, 6.07) is 10.6. The van der Waals surface area contributed by atoms with Gasteiger partial charge in [-0.15, -0.1) is 0 Å². The van der Waals surface area contributed by atoms with Gasteiger partial charge in [0.2, 0.25) is 0 Å². The molecule has 2 aliphatic heterocycles. The molecule has 0 radical (unpaired) electrons. The first-order chi connectivity index (χ1) is 12.3. The van der Waals surface area contributed by atoms with Crippen LogP contribution in [0.5, 0.6) is 0 Å². The van der Waals surface area contributed by atoms with Crippen LogP contribution in [0.3, 0.4) is 0 Å². The van der Waals surface area contributed by atoms with E-state index in [1.807, 2.05) is 24.4 Å². The number of nitrogens with one attached hydrogen (secondary N) is 1. The van der Waals surface area contributed by atoms with Gasteiger partial charge in [0.05, 0.1) is 11.6 Å². The van der Waals surface area contributed by atoms with Crippen molar-refractivity contribution in [3.05, 3.63) is 59.7 Å². The van der Waals surface area contributed by atoms with Crippen LogP contribution in [0.15, 0.2) is 42.9 Å². The van der Waals surface area contributed by atoms with Crippen LogP contribution in [0, 0.1) is 0 Å². The smallest absolute Gasteiger partial charge is 0.270 e. The standard InChI is InChI=1S/C19H17N5O/c25-19-17-14(10-21-19)18(23-11-22-17)24-7-3-6-16(24)13-8-12-4-1-2-5-15(12)20-9-13/h1-2,4-5,8-9,11,16H,3,6-7,10H2,(H,21,25). The maximum Gasteiger partial charge on any atom is 0.270 e. The van der Waals surface area contributed by atoms with Crippen LogP contribution in [-0.2, 0) is 6.54 Å². The Morgan fingerprint density at radius 1 is 1.16 bits per heavy atom. The topological polar surface area (TPSA) is 71.0 Å². The van der Waals surface area contributed by atoms with Crippen molar-refractivity contribution < 1.29 is 4.79 Å². The first kappa shape index (κ1) is 14.3. The fourth-order valence-electron chi connectivity index (χ4n) is 3.90. The van der Waals surface area contributed by atoms with E-state index in [0.717, 1.165) is 41.7 Å². The summed E-state index contributed by atoms with van der Waals surface area (Å²) >= 11 is 0. The van der Waals surface area contributed by atoms with Gasteiger partial charge < -0.3 is 10.2 Å². The molecule has 124 valence electrons. The van der Waals surface area contributed by atoms with Crippen LogP contribution >= 0.6 is 0 Å². The maximum atomic E-state index is 11.9. The first-order valence-electron chi connectivity index (χ1n) is 8.54. The van der Waals surface area contributed by atoms with Crippen molar-refractivity contribution in [2.24, 2.45) is 0 Å². The summed E-state index contributed by atoms with van der Waals surface area (Å²) in [4.78, 5) is 27.5. The predicted octanol–water partition coefficient (Wildman–Crippen LogP) is 2.61. The summed E-state index contributed by atoms with van der Waals surface area (Å²) in [6.07, 6.45) is 5.61. The fraction of sp³-hybridized carbons (Fsp3) is 0.263. The lowest BCUT2D eigenvalue weighted by Gasteiger charge is -2.27. The highest BCUT2D eigenvalue weighted by Crippen LogP contribution is 2.38. The second-order valence-corrected chi connectivity index (χ2v) is 6.52. The highest BCUT2D eigenvalue weighted by atomic mass is 16.2. The molecule has 1 aromatic carbocycles. The highest BCUT2D eigenvalue weighted by Gasteiger charge is 2.33. The summed E-state index contributed by atoms with van der Waals surface area (Å²) in [6.45, 7) is 1.43. The number of anilines is 1. The summed E-state index contributed by atoms with van der Waals surface area (Å²) < 4.78 is 0. The molecular formula is C19H17N5O. The van der Waals surface area contributed by atoms with Crippen molar-refractivity contribution in [3.63, 3.8) is 0 Å². The number of benzene rings is 1. The number of para-hydroxylation sites is 1. The number of nitrogens with zero attached hydrogens (tertiary/aromatic N) is 4. The maximum absolute atomic E-state index is 11.9. The van der Waals surface area contributed by atoms with Crippen LogP contribution in [-0.4, -0.2) is 27.4 Å². The Labute approximate surface area is 144 Å². The minimum atomic E-state index is -0.109. The van der Waals surface area contributed by atoms with Crippen molar-refractivity contribution >= 4 is 22.6 Å².